The average molecular weight is 250 g/mol. The van der Waals surface area contributed by atoms with E-state index in [2.05, 4.69) is 0 Å². The fourth-order valence-corrected chi connectivity index (χ4v) is 1.76. The smallest absolute Gasteiger partial charge is 0.133 e. The van der Waals surface area contributed by atoms with Crippen LogP contribution in [0.15, 0.2) is 36.4 Å². The van der Waals surface area contributed by atoms with E-state index < -0.39 is 17.4 Å². The molecule has 0 aliphatic rings. The van der Waals surface area contributed by atoms with E-state index in [1.54, 1.807) is 12.1 Å². The molecule has 0 saturated carbocycles. The van der Waals surface area contributed by atoms with Crippen molar-refractivity contribution in [1.82, 2.24) is 0 Å². The van der Waals surface area contributed by atoms with Gasteiger partial charge in [0.1, 0.15) is 23.1 Å². The first-order valence-electron chi connectivity index (χ1n) is 5.51. The second-order valence-corrected chi connectivity index (χ2v) is 4.05. The third-order valence-corrected chi connectivity index (χ3v) is 2.73. The zero-order valence-corrected chi connectivity index (χ0v) is 9.53. The molecule has 2 aromatic rings. The summed E-state index contributed by atoms with van der Waals surface area (Å²) in [5, 5.41) is 18.1. The van der Waals surface area contributed by atoms with Crippen LogP contribution in [0.2, 0.25) is 0 Å². The Labute approximate surface area is 103 Å². The Balaban J connectivity index is 2.13. The maximum Gasteiger partial charge on any atom is 0.133 e. The largest absolute Gasteiger partial charge is 0.508 e. The lowest BCUT2D eigenvalue weighted by atomic mass is 10.0. The average Bonchev–Trinajstić information content (AvgIpc) is 2.30. The van der Waals surface area contributed by atoms with Crippen molar-refractivity contribution in [3.05, 3.63) is 59.2 Å². The molecule has 0 aromatic heterocycles. The van der Waals surface area contributed by atoms with Gasteiger partial charge in [-0.15, -0.1) is 0 Å². The lowest BCUT2D eigenvalue weighted by molar-refractivity contribution is 0.456. The van der Waals surface area contributed by atoms with Gasteiger partial charge in [-0.1, -0.05) is 12.1 Å². The summed E-state index contributed by atoms with van der Waals surface area (Å²) >= 11 is 0. The van der Waals surface area contributed by atoms with Crippen molar-refractivity contribution in [3.63, 3.8) is 0 Å². The van der Waals surface area contributed by atoms with Crippen molar-refractivity contribution in [2.45, 2.75) is 12.8 Å². The molecule has 2 rings (SSSR count). The summed E-state index contributed by atoms with van der Waals surface area (Å²) < 4.78 is 26.9. The standard InChI is InChI=1S/C14H12F2O2/c15-13-7-11(18)8-14(16)12(13)6-3-9-1-4-10(17)5-2-9/h1-2,4-5,7-8,17-18H,3,6H2. The van der Waals surface area contributed by atoms with E-state index in [1.165, 1.54) is 12.1 Å². The van der Waals surface area contributed by atoms with Gasteiger partial charge in [-0.25, -0.2) is 8.78 Å². The number of phenolic OH excluding ortho intramolecular Hbond substituents is 2. The van der Waals surface area contributed by atoms with E-state index in [1.807, 2.05) is 0 Å². The zero-order chi connectivity index (χ0) is 13.1. The van der Waals surface area contributed by atoms with Crippen molar-refractivity contribution >= 4 is 0 Å². The van der Waals surface area contributed by atoms with Crippen LogP contribution in [0, 0.1) is 11.6 Å². The number of phenols is 2. The molecule has 0 aliphatic heterocycles. The van der Waals surface area contributed by atoms with Crippen LogP contribution in [0.3, 0.4) is 0 Å². The van der Waals surface area contributed by atoms with Gasteiger partial charge in [0, 0.05) is 17.7 Å². The van der Waals surface area contributed by atoms with Crippen LogP contribution in [0.1, 0.15) is 11.1 Å². The van der Waals surface area contributed by atoms with Crippen LogP contribution in [-0.2, 0) is 12.8 Å². The van der Waals surface area contributed by atoms with Crippen molar-refractivity contribution in [2.75, 3.05) is 0 Å². The molecule has 0 bridgehead atoms. The van der Waals surface area contributed by atoms with E-state index in [9.17, 15) is 8.78 Å². The SMILES string of the molecule is Oc1ccc(CCc2c(F)cc(O)cc2F)cc1. The Morgan fingerprint density at radius 2 is 1.33 bits per heavy atom. The Kier molecular flexibility index (Phi) is 3.46. The highest BCUT2D eigenvalue weighted by molar-refractivity contribution is 5.31. The predicted octanol–water partition coefficient (Wildman–Crippen LogP) is 3.16. The minimum Gasteiger partial charge on any atom is -0.508 e. The van der Waals surface area contributed by atoms with Gasteiger partial charge < -0.3 is 10.2 Å². The molecule has 0 heterocycles. The summed E-state index contributed by atoms with van der Waals surface area (Å²) in [6.45, 7) is 0. The molecule has 2 nitrogen and oxygen atoms in total. The summed E-state index contributed by atoms with van der Waals surface area (Å²) in [7, 11) is 0. The van der Waals surface area contributed by atoms with Gasteiger partial charge in [-0.3, -0.25) is 0 Å². The highest BCUT2D eigenvalue weighted by Gasteiger charge is 2.10. The van der Waals surface area contributed by atoms with E-state index in [4.69, 9.17) is 10.2 Å². The molecule has 2 aromatic carbocycles. The van der Waals surface area contributed by atoms with Gasteiger partial charge >= 0.3 is 0 Å². The normalized spacial score (nSPS) is 10.6. The maximum atomic E-state index is 13.4. The number of rotatable bonds is 3. The molecular weight excluding hydrogens is 238 g/mol. The summed E-state index contributed by atoms with van der Waals surface area (Å²) in [6, 6.07) is 8.25. The van der Waals surface area contributed by atoms with Crippen LogP contribution in [0.5, 0.6) is 11.5 Å². The highest BCUT2D eigenvalue weighted by Crippen LogP contribution is 2.21. The molecule has 0 amide bonds. The number of hydrogen-bond donors (Lipinski definition) is 2. The Morgan fingerprint density at radius 3 is 1.89 bits per heavy atom. The fraction of sp³-hybridized carbons (Fsp3) is 0.143. The van der Waals surface area contributed by atoms with Gasteiger partial charge in [-0.2, -0.15) is 0 Å². The Bertz CT molecular complexity index is 527. The molecule has 2 N–H and O–H groups in total. The van der Waals surface area contributed by atoms with Crippen LogP contribution in [0.25, 0.3) is 0 Å². The fourth-order valence-electron chi connectivity index (χ4n) is 1.76. The summed E-state index contributed by atoms with van der Waals surface area (Å²) in [6.07, 6.45) is 0.654. The molecule has 94 valence electrons. The third kappa shape index (κ3) is 2.77. The Morgan fingerprint density at radius 1 is 0.778 bits per heavy atom. The van der Waals surface area contributed by atoms with Crippen molar-refractivity contribution in [2.24, 2.45) is 0 Å². The van der Waals surface area contributed by atoms with Crippen LogP contribution >= 0.6 is 0 Å². The van der Waals surface area contributed by atoms with Crippen molar-refractivity contribution in [1.29, 1.82) is 0 Å². The number of aryl methyl sites for hydroxylation is 1. The molecule has 4 heteroatoms. The first kappa shape index (κ1) is 12.4. The number of aromatic hydroxyl groups is 2. The summed E-state index contributed by atoms with van der Waals surface area (Å²) in [4.78, 5) is 0. The van der Waals surface area contributed by atoms with Gasteiger partial charge in [0.05, 0.1) is 0 Å². The van der Waals surface area contributed by atoms with Crippen molar-refractivity contribution in [3.8, 4) is 11.5 Å². The molecule has 0 spiro atoms. The van der Waals surface area contributed by atoms with E-state index in [-0.39, 0.29) is 17.7 Å². The van der Waals surface area contributed by atoms with E-state index >= 15 is 0 Å². The van der Waals surface area contributed by atoms with Gasteiger partial charge in [0.25, 0.3) is 0 Å². The summed E-state index contributed by atoms with van der Waals surface area (Å²) in [5.74, 6) is -1.75. The minimum absolute atomic E-state index is 0.0409. The predicted molar refractivity (Wildman–Crippen MR) is 63.5 cm³/mol. The number of halogens is 2. The zero-order valence-electron chi connectivity index (χ0n) is 9.53. The van der Waals surface area contributed by atoms with Gasteiger partial charge in [0.2, 0.25) is 0 Å². The van der Waals surface area contributed by atoms with E-state index in [0.29, 0.717) is 6.42 Å². The maximum absolute atomic E-state index is 13.4. The number of benzene rings is 2. The number of hydrogen-bond acceptors (Lipinski definition) is 2. The van der Waals surface area contributed by atoms with Crippen LogP contribution < -0.4 is 0 Å². The molecule has 0 saturated heterocycles. The molecule has 0 radical (unpaired) electrons. The third-order valence-electron chi connectivity index (χ3n) is 2.73. The molecule has 18 heavy (non-hydrogen) atoms. The molecule has 0 aliphatic carbocycles. The second kappa shape index (κ2) is 5.04. The quantitative estimate of drug-likeness (QED) is 0.878. The van der Waals surface area contributed by atoms with Gasteiger partial charge in [0.15, 0.2) is 0 Å². The first-order chi connectivity index (χ1) is 8.56. The highest BCUT2D eigenvalue weighted by atomic mass is 19.1. The summed E-state index contributed by atoms with van der Waals surface area (Å²) in [5.41, 5.74) is 0.834. The minimum atomic E-state index is -0.744. The lowest BCUT2D eigenvalue weighted by Crippen LogP contribution is -1.98. The van der Waals surface area contributed by atoms with E-state index in [0.717, 1.165) is 17.7 Å². The molecular formula is C14H12F2O2. The molecule has 0 fully saturated rings. The second-order valence-electron chi connectivity index (χ2n) is 4.05. The first-order valence-corrected chi connectivity index (χ1v) is 5.51. The van der Waals surface area contributed by atoms with Crippen LogP contribution in [-0.4, -0.2) is 10.2 Å². The lowest BCUT2D eigenvalue weighted by Gasteiger charge is -2.06. The monoisotopic (exact) mass is 250 g/mol. The van der Waals surface area contributed by atoms with Crippen molar-refractivity contribution < 1.29 is 19.0 Å². The van der Waals surface area contributed by atoms with Gasteiger partial charge in [-0.05, 0) is 30.5 Å². The topological polar surface area (TPSA) is 40.5 Å². The Hall–Kier alpha value is -2.10. The molecule has 0 atom stereocenters. The van der Waals surface area contributed by atoms with Crippen LogP contribution in [0.4, 0.5) is 8.78 Å². The molecule has 0 unspecified atom stereocenters.